The average molecular weight is 290 g/mol. The molecule has 1 aromatic carbocycles. The van der Waals surface area contributed by atoms with E-state index < -0.39 is 0 Å². The number of nitrogens with one attached hydrogen (secondary N) is 1. The van der Waals surface area contributed by atoms with Gasteiger partial charge in [-0.15, -0.1) is 0 Å². The lowest BCUT2D eigenvalue weighted by Crippen LogP contribution is -2.41. The number of hydrogen-bond acceptors (Lipinski definition) is 3. The van der Waals surface area contributed by atoms with Crippen LogP contribution in [0.1, 0.15) is 23.2 Å². The van der Waals surface area contributed by atoms with Gasteiger partial charge in [0.15, 0.2) is 0 Å². The van der Waals surface area contributed by atoms with E-state index >= 15 is 0 Å². The highest BCUT2D eigenvalue weighted by molar-refractivity contribution is 6.25. The molecule has 4 nitrogen and oxygen atoms in total. The topological polar surface area (TPSA) is 45.2 Å². The second-order valence-electron chi connectivity index (χ2n) is 4.98. The van der Waals surface area contributed by atoms with Gasteiger partial charge in [-0.3, -0.25) is 9.78 Å². The molecule has 0 radical (unpaired) electrons. The summed E-state index contributed by atoms with van der Waals surface area (Å²) in [5.41, 5.74) is 1.27. The van der Waals surface area contributed by atoms with Crippen molar-refractivity contribution in [1.29, 1.82) is 0 Å². The van der Waals surface area contributed by atoms with Crippen LogP contribution in [0.3, 0.4) is 0 Å². The van der Waals surface area contributed by atoms with E-state index in [1.54, 1.807) is 12.3 Å². The molecule has 0 bridgehead atoms. The van der Waals surface area contributed by atoms with Gasteiger partial charge in [-0.2, -0.15) is 0 Å². The molecule has 1 N–H and O–H groups in total. The number of amides is 1. The molecule has 0 aliphatic carbocycles. The smallest absolute Gasteiger partial charge is 0.270 e. The summed E-state index contributed by atoms with van der Waals surface area (Å²) in [6.45, 7) is 1.80. The molecule has 1 aliphatic rings. The Kier molecular flexibility index (Phi) is 3.85. The van der Waals surface area contributed by atoms with Crippen molar-refractivity contribution in [3.05, 3.63) is 42.1 Å². The van der Waals surface area contributed by atoms with Crippen molar-refractivity contribution in [2.45, 2.75) is 18.9 Å². The fourth-order valence-electron chi connectivity index (χ4n) is 2.59. The second-order valence-corrected chi connectivity index (χ2v) is 5.34. The number of carbonyl (C=O) groups is 1. The molecule has 1 saturated heterocycles. The van der Waals surface area contributed by atoms with Crippen molar-refractivity contribution in [3.63, 3.8) is 0 Å². The molecule has 1 aliphatic heterocycles. The number of aromatic nitrogens is 1. The van der Waals surface area contributed by atoms with Crippen molar-refractivity contribution in [2.75, 3.05) is 13.1 Å². The Labute approximate surface area is 122 Å². The first-order valence-electron chi connectivity index (χ1n) is 6.81. The summed E-state index contributed by atoms with van der Waals surface area (Å²) in [5.74, 6) is -0.164. The van der Waals surface area contributed by atoms with E-state index in [0.29, 0.717) is 11.1 Å². The highest BCUT2D eigenvalue weighted by Gasteiger charge is 2.26. The fourth-order valence-corrected chi connectivity index (χ4v) is 2.88. The SMILES string of the molecule is O=C(c1cccc2cccnc12)N(Cl)C1CCNCC1. The van der Waals surface area contributed by atoms with Crippen LogP contribution in [-0.4, -0.2) is 34.4 Å². The van der Waals surface area contributed by atoms with E-state index in [0.717, 1.165) is 31.3 Å². The Morgan fingerprint density at radius 2 is 2.00 bits per heavy atom. The molecule has 0 unspecified atom stereocenters. The summed E-state index contributed by atoms with van der Waals surface area (Å²) < 4.78 is 1.35. The van der Waals surface area contributed by atoms with Gasteiger partial charge in [-0.25, -0.2) is 4.42 Å². The first-order chi connectivity index (χ1) is 9.77. The zero-order valence-electron chi connectivity index (χ0n) is 11.1. The zero-order chi connectivity index (χ0) is 13.9. The summed E-state index contributed by atoms with van der Waals surface area (Å²) in [6, 6.07) is 9.49. The number of rotatable bonds is 2. The Hall–Kier alpha value is -1.65. The van der Waals surface area contributed by atoms with Gasteiger partial charge in [0.1, 0.15) is 0 Å². The Morgan fingerprint density at radius 3 is 2.80 bits per heavy atom. The lowest BCUT2D eigenvalue weighted by molar-refractivity contribution is 0.0807. The van der Waals surface area contributed by atoms with Crippen molar-refractivity contribution >= 4 is 28.6 Å². The summed E-state index contributed by atoms with van der Waals surface area (Å²) in [7, 11) is 0. The van der Waals surface area contributed by atoms with Crippen molar-refractivity contribution in [3.8, 4) is 0 Å². The average Bonchev–Trinajstić information content (AvgIpc) is 2.54. The predicted octanol–water partition coefficient (Wildman–Crippen LogP) is 2.58. The standard InChI is InChI=1S/C15H16ClN3O/c16-19(12-6-9-17-10-7-12)15(20)13-5-1-3-11-4-2-8-18-14(11)13/h1-5,8,12,17H,6-7,9-10H2. The molecular formula is C15H16ClN3O. The summed E-state index contributed by atoms with van der Waals surface area (Å²) >= 11 is 6.27. The predicted molar refractivity (Wildman–Crippen MR) is 79.7 cm³/mol. The Balaban J connectivity index is 1.92. The van der Waals surface area contributed by atoms with Gasteiger partial charge >= 0.3 is 0 Å². The number of fused-ring (bicyclic) bond motifs is 1. The summed E-state index contributed by atoms with van der Waals surface area (Å²) in [5, 5.41) is 4.22. The van der Waals surface area contributed by atoms with Crippen LogP contribution in [0.25, 0.3) is 10.9 Å². The molecule has 2 aromatic rings. The van der Waals surface area contributed by atoms with Crippen molar-refractivity contribution < 1.29 is 4.79 Å². The van der Waals surface area contributed by atoms with Crippen LogP contribution in [0, 0.1) is 0 Å². The maximum absolute atomic E-state index is 12.6. The lowest BCUT2D eigenvalue weighted by Gasteiger charge is -2.29. The van der Waals surface area contributed by atoms with Gasteiger partial charge in [0, 0.05) is 23.4 Å². The monoisotopic (exact) mass is 289 g/mol. The highest BCUT2D eigenvalue weighted by Crippen LogP contribution is 2.22. The minimum atomic E-state index is -0.164. The van der Waals surface area contributed by atoms with E-state index in [1.807, 2.05) is 24.3 Å². The minimum absolute atomic E-state index is 0.0874. The fraction of sp³-hybridized carbons (Fsp3) is 0.333. The van der Waals surface area contributed by atoms with Crippen LogP contribution in [0.4, 0.5) is 0 Å². The van der Waals surface area contributed by atoms with Crippen LogP contribution in [0.5, 0.6) is 0 Å². The van der Waals surface area contributed by atoms with Gasteiger partial charge in [0.25, 0.3) is 5.91 Å². The number of benzene rings is 1. The van der Waals surface area contributed by atoms with E-state index in [9.17, 15) is 4.79 Å². The van der Waals surface area contributed by atoms with E-state index in [2.05, 4.69) is 10.3 Å². The quantitative estimate of drug-likeness (QED) is 0.864. The molecule has 0 saturated carbocycles. The number of para-hydroxylation sites is 1. The van der Waals surface area contributed by atoms with Crippen LogP contribution in [0.2, 0.25) is 0 Å². The largest absolute Gasteiger partial charge is 0.317 e. The normalized spacial score (nSPS) is 16.2. The molecule has 5 heteroatoms. The summed E-state index contributed by atoms with van der Waals surface area (Å²) in [4.78, 5) is 16.9. The second kappa shape index (κ2) is 5.77. The van der Waals surface area contributed by atoms with Crippen LogP contribution in [0.15, 0.2) is 36.5 Å². The molecule has 1 aromatic heterocycles. The minimum Gasteiger partial charge on any atom is -0.317 e. The maximum atomic E-state index is 12.6. The third-order valence-electron chi connectivity index (χ3n) is 3.69. The molecule has 0 spiro atoms. The Bertz CT molecular complexity index is 620. The van der Waals surface area contributed by atoms with E-state index in [-0.39, 0.29) is 11.9 Å². The maximum Gasteiger partial charge on any atom is 0.270 e. The molecule has 1 amide bonds. The number of pyridine rings is 1. The molecular weight excluding hydrogens is 274 g/mol. The molecule has 104 valence electrons. The Morgan fingerprint density at radius 1 is 1.25 bits per heavy atom. The molecule has 3 rings (SSSR count). The molecule has 1 fully saturated rings. The van der Waals surface area contributed by atoms with Gasteiger partial charge in [0.2, 0.25) is 0 Å². The third-order valence-corrected chi connectivity index (χ3v) is 4.12. The van der Waals surface area contributed by atoms with Gasteiger partial charge < -0.3 is 5.32 Å². The van der Waals surface area contributed by atoms with E-state index in [1.165, 1.54) is 4.42 Å². The molecule has 0 atom stereocenters. The number of halogens is 1. The van der Waals surface area contributed by atoms with Crippen molar-refractivity contribution in [1.82, 2.24) is 14.7 Å². The zero-order valence-corrected chi connectivity index (χ0v) is 11.8. The summed E-state index contributed by atoms with van der Waals surface area (Å²) in [6.07, 6.45) is 3.46. The first kappa shape index (κ1) is 13.3. The lowest BCUT2D eigenvalue weighted by atomic mass is 10.0. The molecule has 2 heterocycles. The van der Waals surface area contributed by atoms with Crippen LogP contribution in [-0.2, 0) is 0 Å². The number of carbonyl (C=O) groups excluding carboxylic acids is 1. The van der Waals surface area contributed by atoms with Gasteiger partial charge in [-0.05, 0) is 38.1 Å². The third kappa shape index (κ3) is 2.49. The van der Waals surface area contributed by atoms with E-state index in [4.69, 9.17) is 11.8 Å². The molecule has 20 heavy (non-hydrogen) atoms. The highest BCUT2D eigenvalue weighted by atomic mass is 35.5. The first-order valence-corrected chi connectivity index (χ1v) is 7.15. The van der Waals surface area contributed by atoms with Crippen molar-refractivity contribution in [2.24, 2.45) is 0 Å². The number of nitrogens with zero attached hydrogens (tertiary/aromatic N) is 2. The van der Waals surface area contributed by atoms with Crippen LogP contribution >= 0.6 is 11.8 Å². The van der Waals surface area contributed by atoms with Gasteiger partial charge in [0.05, 0.1) is 17.1 Å². The van der Waals surface area contributed by atoms with Gasteiger partial charge in [-0.1, -0.05) is 18.2 Å². The number of piperidine rings is 1. The number of hydrogen-bond donors (Lipinski definition) is 1. The van der Waals surface area contributed by atoms with Crippen LogP contribution < -0.4 is 5.32 Å².